The number of hydrogen-bond donors (Lipinski definition) is 1. The molecule has 5 heteroatoms. The van der Waals surface area contributed by atoms with Crippen molar-refractivity contribution in [2.45, 2.75) is 44.9 Å². The molecule has 1 fully saturated rings. The number of carbonyl (C=O) groups is 2. The summed E-state index contributed by atoms with van der Waals surface area (Å²) >= 11 is 5.85. The minimum atomic E-state index is 0.0178. The van der Waals surface area contributed by atoms with Gasteiger partial charge >= 0.3 is 0 Å². The molecule has 0 radical (unpaired) electrons. The molecule has 0 saturated carbocycles. The molecule has 2 amide bonds. The van der Waals surface area contributed by atoms with Gasteiger partial charge in [0.15, 0.2) is 0 Å². The van der Waals surface area contributed by atoms with Crippen molar-refractivity contribution in [1.82, 2.24) is 4.90 Å². The number of halogens is 1. The Morgan fingerprint density at radius 2 is 2.00 bits per heavy atom. The van der Waals surface area contributed by atoms with Crippen molar-refractivity contribution in [3.05, 3.63) is 40.9 Å². The number of piperidine rings is 1. The number of rotatable bonds is 5. The highest BCUT2D eigenvalue weighted by Crippen LogP contribution is 2.26. The first-order chi connectivity index (χ1) is 12.1. The van der Waals surface area contributed by atoms with Gasteiger partial charge in [0.25, 0.3) is 0 Å². The molecule has 2 aliphatic rings. The van der Waals surface area contributed by atoms with Crippen LogP contribution in [0.15, 0.2) is 35.9 Å². The van der Waals surface area contributed by atoms with Crippen molar-refractivity contribution in [2.75, 3.05) is 18.4 Å². The molecule has 134 valence electrons. The zero-order valence-electron chi connectivity index (χ0n) is 14.5. The van der Waals surface area contributed by atoms with Crippen LogP contribution in [0.2, 0.25) is 5.02 Å². The third-order valence-electron chi connectivity index (χ3n) is 5.03. The molecule has 1 saturated heterocycles. The quantitative estimate of drug-likeness (QED) is 0.845. The summed E-state index contributed by atoms with van der Waals surface area (Å²) in [5, 5.41) is 3.56. The number of anilines is 1. The fraction of sp³-hybridized carbons (Fsp3) is 0.500. The highest BCUT2D eigenvalue weighted by atomic mass is 35.5. The molecule has 1 aromatic rings. The van der Waals surface area contributed by atoms with Crippen LogP contribution in [0.5, 0.6) is 0 Å². The van der Waals surface area contributed by atoms with Gasteiger partial charge in [-0.2, -0.15) is 0 Å². The fourth-order valence-electron chi connectivity index (χ4n) is 3.65. The standard InChI is InChI=1S/C20H25ClN2O2/c21-17-8-10-18(11-9-17)22-19(24)12-7-15-4-3-13-23(14-15)20(25)16-5-1-2-6-16/h5,8-11,15H,1-4,6-7,12-14H2,(H,22,24). The minimum Gasteiger partial charge on any atom is -0.339 e. The summed E-state index contributed by atoms with van der Waals surface area (Å²) in [6, 6.07) is 7.13. The molecule has 1 unspecified atom stereocenters. The molecule has 0 aromatic heterocycles. The lowest BCUT2D eigenvalue weighted by Gasteiger charge is -2.33. The highest BCUT2D eigenvalue weighted by molar-refractivity contribution is 6.30. The van der Waals surface area contributed by atoms with Gasteiger partial charge in [-0.15, -0.1) is 0 Å². The summed E-state index contributed by atoms with van der Waals surface area (Å²) < 4.78 is 0. The first kappa shape index (κ1) is 18.0. The summed E-state index contributed by atoms with van der Waals surface area (Å²) in [7, 11) is 0. The number of likely N-dealkylation sites (tertiary alicyclic amines) is 1. The molecule has 1 heterocycles. The van der Waals surface area contributed by atoms with Crippen LogP contribution in [0.3, 0.4) is 0 Å². The number of allylic oxidation sites excluding steroid dienone is 1. The van der Waals surface area contributed by atoms with Gasteiger partial charge in [-0.3, -0.25) is 9.59 Å². The van der Waals surface area contributed by atoms with Gasteiger partial charge < -0.3 is 10.2 Å². The summed E-state index contributed by atoms with van der Waals surface area (Å²) in [5.41, 5.74) is 1.75. The zero-order chi connectivity index (χ0) is 17.6. The minimum absolute atomic E-state index is 0.0178. The Morgan fingerprint density at radius 1 is 1.20 bits per heavy atom. The van der Waals surface area contributed by atoms with Gasteiger partial charge in [-0.05, 0) is 68.7 Å². The second-order valence-corrected chi connectivity index (χ2v) is 7.41. The number of nitrogens with zero attached hydrogens (tertiary/aromatic N) is 1. The number of carbonyl (C=O) groups excluding carboxylic acids is 2. The topological polar surface area (TPSA) is 49.4 Å². The Balaban J connectivity index is 1.45. The van der Waals surface area contributed by atoms with Crippen LogP contribution < -0.4 is 5.32 Å². The Hall–Kier alpha value is -1.81. The Morgan fingerprint density at radius 3 is 2.72 bits per heavy atom. The van der Waals surface area contributed by atoms with Gasteiger partial charge in [-0.25, -0.2) is 0 Å². The van der Waals surface area contributed by atoms with E-state index in [-0.39, 0.29) is 11.8 Å². The highest BCUT2D eigenvalue weighted by Gasteiger charge is 2.26. The average molecular weight is 361 g/mol. The van der Waals surface area contributed by atoms with Gasteiger partial charge in [0.05, 0.1) is 0 Å². The molecule has 0 spiro atoms. The van der Waals surface area contributed by atoms with Crippen molar-refractivity contribution in [2.24, 2.45) is 5.92 Å². The molecular formula is C20H25ClN2O2. The third kappa shape index (κ3) is 5.08. The van der Waals surface area contributed by atoms with E-state index >= 15 is 0 Å². The maximum Gasteiger partial charge on any atom is 0.249 e. The van der Waals surface area contributed by atoms with E-state index in [1.165, 1.54) is 0 Å². The smallest absolute Gasteiger partial charge is 0.249 e. The van der Waals surface area contributed by atoms with Gasteiger partial charge in [0.2, 0.25) is 11.8 Å². The number of amides is 2. The molecule has 4 nitrogen and oxygen atoms in total. The predicted octanol–water partition coefficient (Wildman–Crippen LogP) is 4.41. The molecule has 25 heavy (non-hydrogen) atoms. The van der Waals surface area contributed by atoms with Crippen molar-refractivity contribution in [3.63, 3.8) is 0 Å². The van der Waals surface area contributed by atoms with E-state index in [0.717, 1.165) is 62.9 Å². The Bertz CT molecular complexity index is 654. The van der Waals surface area contributed by atoms with Crippen molar-refractivity contribution in [1.29, 1.82) is 0 Å². The van der Waals surface area contributed by atoms with Crippen LogP contribution in [0.4, 0.5) is 5.69 Å². The normalized spacial score (nSPS) is 20.3. The van der Waals surface area contributed by atoms with Crippen LogP contribution in [0.1, 0.15) is 44.9 Å². The van der Waals surface area contributed by atoms with Crippen molar-refractivity contribution >= 4 is 29.1 Å². The maximum atomic E-state index is 12.5. The van der Waals surface area contributed by atoms with E-state index in [9.17, 15) is 9.59 Å². The van der Waals surface area contributed by atoms with E-state index < -0.39 is 0 Å². The lowest BCUT2D eigenvalue weighted by Crippen LogP contribution is -2.40. The van der Waals surface area contributed by atoms with Crippen LogP contribution in [-0.4, -0.2) is 29.8 Å². The molecule has 1 aliphatic heterocycles. The van der Waals surface area contributed by atoms with Crippen molar-refractivity contribution < 1.29 is 9.59 Å². The van der Waals surface area contributed by atoms with Crippen LogP contribution in [0.25, 0.3) is 0 Å². The first-order valence-corrected chi connectivity index (χ1v) is 9.53. The molecule has 1 aromatic carbocycles. The second-order valence-electron chi connectivity index (χ2n) is 6.97. The maximum absolute atomic E-state index is 12.5. The first-order valence-electron chi connectivity index (χ1n) is 9.15. The summed E-state index contributed by atoms with van der Waals surface area (Å²) in [6.45, 7) is 1.63. The Kier molecular flexibility index (Phi) is 6.14. The molecule has 3 rings (SSSR count). The van der Waals surface area contributed by atoms with E-state index in [0.29, 0.717) is 17.4 Å². The van der Waals surface area contributed by atoms with Crippen molar-refractivity contribution in [3.8, 4) is 0 Å². The number of benzene rings is 1. The van der Waals surface area contributed by atoms with Gasteiger partial charge in [0, 0.05) is 35.8 Å². The molecule has 1 atom stereocenters. The Labute approximate surface area is 154 Å². The van der Waals surface area contributed by atoms with Crippen LogP contribution >= 0.6 is 11.6 Å². The largest absolute Gasteiger partial charge is 0.339 e. The number of hydrogen-bond acceptors (Lipinski definition) is 2. The molecule has 0 bridgehead atoms. The lowest BCUT2D eigenvalue weighted by atomic mass is 9.92. The average Bonchev–Trinajstić information content (AvgIpc) is 3.16. The predicted molar refractivity (Wildman–Crippen MR) is 101 cm³/mol. The SMILES string of the molecule is O=C(CCC1CCCN(C(=O)C2=CCCC2)C1)Nc1ccc(Cl)cc1. The van der Waals surface area contributed by atoms with E-state index in [4.69, 9.17) is 11.6 Å². The van der Waals surface area contributed by atoms with E-state index in [2.05, 4.69) is 11.4 Å². The molecule has 1 aliphatic carbocycles. The molecular weight excluding hydrogens is 336 g/mol. The van der Waals surface area contributed by atoms with Crippen LogP contribution in [0, 0.1) is 5.92 Å². The lowest BCUT2D eigenvalue weighted by molar-refractivity contribution is -0.129. The summed E-state index contributed by atoms with van der Waals surface area (Å²) in [5.74, 6) is 0.646. The second kappa shape index (κ2) is 8.52. The zero-order valence-corrected chi connectivity index (χ0v) is 15.2. The van der Waals surface area contributed by atoms with E-state index in [1.54, 1.807) is 24.3 Å². The van der Waals surface area contributed by atoms with Crippen LogP contribution in [-0.2, 0) is 9.59 Å². The summed E-state index contributed by atoms with van der Waals surface area (Å²) in [4.78, 5) is 26.6. The third-order valence-corrected chi connectivity index (χ3v) is 5.28. The fourth-order valence-corrected chi connectivity index (χ4v) is 3.77. The molecule has 1 N–H and O–H groups in total. The van der Waals surface area contributed by atoms with Gasteiger partial charge in [-0.1, -0.05) is 17.7 Å². The monoisotopic (exact) mass is 360 g/mol. The van der Waals surface area contributed by atoms with Gasteiger partial charge in [0.1, 0.15) is 0 Å². The van der Waals surface area contributed by atoms with E-state index in [1.807, 2.05) is 4.90 Å². The summed E-state index contributed by atoms with van der Waals surface area (Å²) in [6.07, 6.45) is 8.57. The number of nitrogens with one attached hydrogen (secondary N) is 1.